The third-order valence-corrected chi connectivity index (χ3v) is 4.17. The lowest BCUT2D eigenvalue weighted by molar-refractivity contribution is -0.125. The number of anilines is 2. The molecular weight excluding hydrogens is 420 g/mol. The largest absolute Gasteiger partial charge is 0.483 e. The van der Waals surface area contributed by atoms with E-state index >= 15 is 0 Å². The Balaban J connectivity index is 1.50. The highest BCUT2D eigenvalue weighted by atomic mass is 19.2. The maximum Gasteiger partial charge on any atom is 0.259 e. The zero-order valence-electron chi connectivity index (χ0n) is 16.7. The summed E-state index contributed by atoms with van der Waals surface area (Å²) in [5, 5.41) is 7.41. The van der Waals surface area contributed by atoms with Crippen LogP contribution in [0.5, 0.6) is 5.75 Å². The highest BCUT2D eigenvalue weighted by Gasteiger charge is 2.14. The second-order valence-electron chi connectivity index (χ2n) is 6.56. The summed E-state index contributed by atoms with van der Waals surface area (Å²) < 4.78 is 31.5. The molecule has 0 fully saturated rings. The molecule has 0 saturated carbocycles. The van der Waals surface area contributed by atoms with Crippen molar-refractivity contribution >= 4 is 29.1 Å². The molecule has 0 unspecified atom stereocenters. The van der Waals surface area contributed by atoms with Gasteiger partial charge in [-0.3, -0.25) is 14.4 Å². The number of amides is 3. The molecule has 0 spiro atoms. The average Bonchev–Trinajstić information content (AvgIpc) is 2.79. The predicted molar refractivity (Wildman–Crippen MR) is 114 cm³/mol. The summed E-state index contributed by atoms with van der Waals surface area (Å²) in [7, 11) is 0. The maximum atomic E-state index is 13.2. The normalized spacial score (nSPS) is 10.2. The van der Waals surface area contributed by atoms with E-state index in [9.17, 15) is 23.2 Å². The number of hydrogen-bond acceptors (Lipinski definition) is 4. The standard InChI is InChI=1S/C23H19F2N3O4/c24-18-11-10-16(12-19(18)25)27-21(29)13-26-22(30)14-32-20-9-5-4-8-17(20)23(31)28-15-6-2-1-3-7-15/h1-12H,13-14H2,(H,26,30)(H,27,29)(H,28,31). The van der Waals surface area contributed by atoms with Crippen molar-refractivity contribution in [3.05, 3.63) is 90.0 Å². The maximum absolute atomic E-state index is 13.2. The Kier molecular flexibility index (Phi) is 7.47. The van der Waals surface area contributed by atoms with Crippen LogP contribution in [0.2, 0.25) is 0 Å². The Hall–Kier alpha value is -4.27. The summed E-state index contributed by atoms with van der Waals surface area (Å²) in [4.78, 5) is 36.4. The van der Waals surface area contributed by atoms with Crippen LogP contribution in [0.1, 0.15) is 10.4 Å². The van der Waals surface area contributed by atoms with E-state index in [0.29, 0.717) is 5.69 Å². The zero-order valence-corrected chi connectivity index (χ0v) is 16.7. The minimum atomic E-state index is -1.10. The van der Waals surface area contributed by atoms with E-state index in [1.165, 1.54) is 6.07 Å². The van der Waals surface area contributed by atoms with Crippen LogP contribution >= 0.6 is 0 Å². The molecule has 0 aliphatic rings. The molecule has 3 N–H and O–H groups in total. The quantitative estimate of drug-likeness (QED) is 0.502. The SMILES string of the molecule is O=C(COc1ccccc1C(=O)Nc1ccccc1)NCC(=O)Nc1ccc(F)c(F)c1. The molecule has 3 aromatic carbocycles. The Bertz CT molecular complexity index is 1120. The molecule has 32 heavy (non-hydrogen) atoms. The van der Waals surface area contributed by atoms with Gasteiger partial charge in [0.15, 0.2) is 18.2 Å². The molecule has 3 aromatic rings. The first-order valence-corrected chi connectivity index (χ1v) is 9.52. The Labute approximate surface area is 182 Å². The van der Waals surface area contributed by atoms with Crippen molar-refractivity contribution in [2.24, 2.45) is 0 Å². The molecule has 0 aliphatic carbocycles. The molecule has 0 heterocycles. The summed E-state index contributed by atoms with van der Waals surface area (Å²) in [6.07, 6.45) is 0. The second kappa shape index (κ2) is 10.7. The molecule has 0 atom stereocenters. The van der Waals surface area contributed by atoms with Crippen molar-refractivity contribution in [2.45, 2.75) is 0 Å². The smallest absolute Gasteiger partial charge is 0.259 e. The average molecular weight is 439 g/mol. The van der Waals surface area contributed by atoms with Crippen LogP contribution in [0.15, 0.2) is 72.8 Å². The predicted octanol–water partition coefficient (Wildman–Crippen LogP) is 3.35. The first kappa shape index (κ1) is 22.4. The van der Waals surface area contributed by atoms with Gasteiger partial charge in [-0.25, -0.2) is 8.78 Å². The van der Waals surface area contributed by atoms with Crippen molar-refractivity contribution in [3.63, 3.8) is 0 Å². The van der Waals surface area contributed by atoms with E-state index in [4.69, 9.17) is 4.74 Å². The summed E-state index contributed by atoms with van der Waals surface area (Å²) in [5.74, 6) is -3.59. The van der Waals surface area contributed by atoms with Gasteiger partial charge in [-0.15, -0.1) is 0 Å². The fourth-order valence-electron chi connectivity index (χ4n) is 2.65. The van der Waals surface area contributed by atoms with Crippen LogP contribution in [0.4, 0.5) is 20.2 Å². The zero-order chi connectivity index (χ0) is 22.9. The van der Waals surface area contributed by atoms with Gasteiger partial charge < -0.3 is 20.7 Å². The fourth-order valence-corrected chi connectivity index (χ4v) is 2.65. The minimum absolute atomic E-state index is 0.0535. The molecule has 3 rings (SSSR count). The number of para-hydroxylation sites is 2. The van der Waals surface area contributed by atoms with Gasteiger partial charge in [0.2, 0.25) is 5.91 Å². The molecule has 3 amide bonds. The van der Waals surface area contributed by atoms with E-state index < -0.39 is 42.5 Å². The Morgan fingerprint density at radius 2 is 1.47 bits per heavy atom. The lowest BCUT2D eigenvalue weighted by atomic mass is 10.2. The van der Waals surface area contributed by atoms with Crippen molar-refractivity contribution in [1.82, 2.24) is 5.32 Å². The third-order valence-electron chi connectivity index (χ3n) is 4.17. The van der Waals surface area contributed by atoms with Crippen molar-refractivity contribution in [1.29, 1.82) is 0 Å². The molecule has 0 aliphatic heterocycles. The number of hydrogen-bond donors (Lipinski definition) is 3. The van der Waals surface area contributed by atoms with Gasteiger partial charge in [0.1, 0.15) is 5.75 Å². The van der Waals surface area contributed by atoms with E-state index in [1.807, 2.05) is 6.07 Å². The van der Waals surface area contributed by atoms with Crippen molar-refractivity contribution < 1.29 is 27.9 Å². The number of benzene rings is 3. The number of nitrogens with one attached hydrogen (secondary N) is 3. The molecule has 164 valence electrons. The van der Waals surface area contributed by atoms with Gasteiger partial charge in [0, 0.05) is 17.4 Å². The van der Waals surface area contributed by atoms with E-state index in [-0.39, 0.29) is 17.0 Å². The number of rotatable bonds is 8. The molecule has 0 saturated heterocycles. The molecule has 0 aromatic heterocycles. The first-order chi connectivity index (χ1) is 15.4. The Morgan fingerprint density at radius 1 is 0.750 bits per heavy atom. The summed E-state index contributed by atoms with van der Waals surface area (Å²) in [6, 6.07) is 18.2. The minimum Gasteiger partial charge on any atom is -0.483 e. The summed E-state index contributed by atoms with van der Waals surface area (Å²) in [6.45, 7) is -0.842. The van der Waals surface area contributed by atoms with Crippen LogP contribution < -0.4 is 20.7 Å². The number of ether oxygens (including phenoxy) is 1. The highest BCUT2D eigenvalue weighted by Crippen LogP contribution is 2.19. The van der Waals surface area contributed by atoms with Crippen LogP contribution in [0, 0.1) is 11.6 Å². The number of halogens is 2. The Morgan fingerprint density at radius 3 is 2.22 bits per heavy atom. The molecule has 0 radical (unpaired) electrons. The van der Waals surface area contributed by atoms with Gasteiger partial charge in [-0.05, 0) is 36.4 Å². The third kappa shape index (κ3) is 6.36. The van der Waals surface area contributed by atoms with E-state index in [1.54, 1.807) is 48.5 Å². The summed E-state index contributed by atoms with van der Waals surface area (Å²) in [5.41, 5.74) is 0.898. The molecule has 0 bridgehead atoms. The summed E-state index contributed by atoms with van der Waals surface area (Å²) >= 11 is 0. The van der Waals surface area contributed by atoms with Crippen molar-refractivity contribution in [2.75, 3.05) is 23.8 Å². The molecule has 7 nitrogen and oxygen atoms in total. The van der Waals surface area contributed by atoms with E-state index in [0.717, 1.165) is 12.1 Å². The van der Waals surface area contributed by atoms with Gasteiger partial charge >= 0.3 is 0 Å². The van der Waals surface area contributed by atoms with Crippen molar-refractivity contribution in [3.8, 4) is 5.75 Å². The van der Waals surface area contributed by atoms with E-state index in [2.05, 4.69) is 16.0 Å². The first-order valence-electron chi connectivity index (χ1n) is 9.52. The van der Waals surface area contributed by atoms with Crippen LogP contribution in [0.25, 0.3) is 0 Å². The van der Waals surface area contributed by atoms with Crippen LogP contribution in [-0.2, 0) is 9.59 Å². The lowest BCUT2D eigenvalue weighted by Gasteiger charge is -2.12. The monoisotopic (exact) mass is 439 g/mol. The van der Waals surface area contributed by atoms with Gasteiger partial charge in [-0.2, -0.15) is 0 Å². The topological polar surface area (TPSA) is 96.5 Å². The van der Waals surface area contributed by atoms with Gasteiger partial charge in [0.05, 0.1) is 12.1 Å². The highest BCUT2D eigenvalue weighted by molar-refractivity contribution is 6.06. The molecule has 9 heteroatoms. The second-order valence-corrected chi connectivity index (χ2v) is 6.56. The molecular formula is C23H19F2N3O4. The number of carbonyl (C=O) groups excluding carboxylic acids is 3. The van der Waals surface area contributed by atoms with Gasteiger partial charge in [0.25, 0.3) is 11.8 Å². The fraction of sp³-hybridized carbons (Fsp3) is 0.0870. The number of carbonyl (C=O) groups is 3. The lowest BCUT2D eigenvalue weighted by Crippen LogP contribution is -2.36. The van der Waals surface area contributed by atoms with Crippen LogP contribution in [-0.4, -0.2) is 30.9 Å². The van der Waals surface area contributed by atoms with Gasteiger partial charge in [-0.1, -0.05) is 30.3 Å². The van der Waals surface area contributed by atoms with Crippen LogP contribution in [0.3, 0.4) is 0 Å².